The molecule has 0 N–H and O–H groups in total. The van der Waals surface area contributed by atoms with Gasteiger partial charge in [0, 0.05) is 13.2 Å². The van der Waals surface area contributed by atoms with Crippen molar-refractivity contribution in [3.8, 4) is 0 Å². The second kappa shape index (κ2) is 4.73. The van der Waals surface area contributed by atoms with Crippen LogP contribution < -0.4 is 0 Å². The second-order valence-corrected chi connectivity index (χ2v) is 3.14. The lowest BCUT2D eigenvalue weighted by atomic mass is 10.1. The summed E-state index contributed by atoms with van der Waals surface area (Å²) >= 11 is 0. The van der Waals surface area contributed by atoms with Crippen molar-refractivity contribution in [2.24, 2.45) is 5.92 Å². The van der Waals surface area contributed by atoms with Crippen molar-refractivity contribution < 1.29 is 4.74 Å². The highest BCUT2D eigenvalue weighted by Crippen LogP contribution is 2.27. The molecule has 0 amide bonds. The molecule has 1 nitrogen and oxygen atoms in total. The Morgan fingerprint density at radius 3 is 2.60 bits per heavy atom. The average Bonchev–Trinajstić information content (AvgIpc) is 2.41. The van der Waals surface area contributed by atoms with Crippen molar-refractivity contribution >= 4 is 0 Å². The van der Waals surface area contributed by atoms with Crippen LogP contribution in [0.2, 0.25) is 0 Å². The first-order valence-corrected chi connectivity index (χ1v) is 4.51. The zero-order valence-corrected chi connectivity index (χ0v) is 6.94. The minimum Gasteiger partial charge on any atom is -0.382 e. The Kier molecular flexibility index (Phi) is 3.81. The van der Waals surface area contributed by atoms with E-state index < -0.39 is 0 Å². The molecule has 0 spiro atoms. The molecule has 1 fully saturated rings. The first kappa shape index (κ1) is 8.06. The van der Waals surface area contributed by atoms with Crippen molar-refractivity contribution in [3.63, 3.8) is 0 Å². The van der Waals surface area contributed by atoms with E-state index in [0.29, 0.717) is 0 Å². The van der Waals surface area contributed by atoms with Gasteiger partial charge in [-0.2, -0.15) is 0 Å². The topological polar surface area (TPSA) is 9.23 Å². The van der Waals surface area contributed by atoms with Crippen LogP contribution in [-0.4, -0.2) is 13.2 Å². The summed E-state index contributed by atoms with van der Waals surface area (Å²) < 4.78 is 5.30. The van der Waals surface area contributed by atoms with Gasteiger partial charge in [0.2, 0.25) is 0 Å². The number of hydrogen-bond donors (Lipinski definition) is 0. The Morgan fingerprint density at radius 2 is 2.00 bits per heavy atom. The summed E-state index contributed by atoms with van der Waals surface area (Å²) in [6.45, 7) is 3.93. The normalized spacial score (nSPS) is 20.1. The lowest BCUT2D eigenvalue weighted by Gasteiger charge is -2.07. The predicted octanol–water partition coefficient (Wildman–Crippen LogP) is 2.60. The molecule has 0 aliphatic heterocycles. The number of hydrogen-bond acceptors (Lipinski definition) is 1. The fraction of sp³-hybridized carbons (Fsp3) is 1.00. The van der Waals surface area contributed by atoms with E-state index in [1.165, 1.54) is 32.1 Å². The van der Waals surface area contributed by atoms with Crippen molar-refractivity contribution in [2.45, 2.75) is 39.0 Å². The Hall–Kier alpha value is -0.0400. The fourth-order valence-corrected chi connectivity index (χ4v) is 1.69. The van der Waals surface area contributed by atoms with Crippen LogP contribution in [-0.2, 0) is 4.74 Å². The van der Waals surface area contributed by atoms with E-state index >= 15 is 0 Å². The zero-order chi connectivity index (χ0) is 7.23. The summed E-state index contributed by atoms with van der Waals surface area (Å²) in [6, 6.07) is 0. The standard InChI is InChI=1S/C9H18O/c1-2-10-8-7-9-5-3-4-6-9/h9H,2-8H2,1H3. The zero-order valence-electron chi connectivity index (χ0n) is 6.94. The third-order valence-electron chi connectivity index (χ3n) is 2.35. The molecular weight excluding hydrogens is 124 g/mol. The van der Waals surface area contributed by atoms with Crippen LogP contribution in [0, 0.1) is 5.92 Å². The van der Waals surface area contributed by atoms with Crippen LogP contribution >= 0.6 is 0 Å². The summed E-state index contributed by atoms with van der Waals surface area (Å²) in [5, 5.41) is 0. The van der Waals surface area contributed by atoms with Crippen LogP contribution in [0.3, 0.4) is 0 Å². The van der Waals surface area contributed by atoms with E-state index in [-0.39, 0.29) is 0 Å². The third kappa shape index (κ3) is 2.70. The summed E-state index contributed by atoms with van der Waals surface area (Å²) in [5.41, 5.74) is 0. The van der Waals surface area contributed by atoms with Crippen LogP contribution in [0.4, 0.5) is 0 Å². The molecule has 1 aliphatic carbocycles. The molecule has 0 heterocycles. The maximum atomic E-state index is 5.30. The van der Waals surface area contributed by atoms with Gasteiger partial charge in [0.25, 0.3) is 0 Å². The van der Waals surface area contributed by atoms with Gasteiger partial charge in [-0.05, 0) is 19.3 Å². The summed E-state index contributed by atoms with van der Waals surface area (Å²) in [7, 11) is 0. The highest BCUT2D eigenvalue weighted by molar-refractivity contribution is 4.66. The number of rotatable bonds is 4. The molecule has 0 bridgehead atoms. The predicted molar refractivity (Wildman–Crippen MR) is 43.1 cm³/mol. The van der Waals surface area contributed by atoms with Crippen LogP contribution in [0.15, 0.2) is 0 Å². The second-order valence-electron chi connectivity index (χ2n) is 3.14. The van der Waals surface area contributed by atoms with Gasteiger partial charge in [0.05, 0.1) is 0 Å². The van der Waals surface area contributed by atoms with Crippen molar-refractivity contribution in [3.05, 3.63) is 0 Å². The molecule has 1 aliphatic rings. The highest BCUT2D eigenvalue weighted by Gasteiger charge is 2.13. The van der Waals surface area contributed by atoms with E-state index in [1.54, 1.807) is 0 Å². The Morgan fingerprint density at radius 1 is 1.30 bits per heavy atom. The first-order chi connectivity index (χ1) is 4.93. The molecule has 0 atom stereocenters. The fourth-order valence-electron chi connectivity index (χ4n) is 1.69. The van der Waals surface area contributed by atoms with Gasteiger partial charge in [-0.1, -0.05) is 25.7 Å². The van der Waals surface area contributed by atoms with Crippen LogP contribution in [0.1, 0.15) is 39.0 Å². The van der Waals surface area contributed by atoms with E-state index in [2.05, 4.69) is 6.92 Å². The lowest BCUT2D eigenvalue weighted by molar-refractivity contribution is 0.132. The van der Waals surface area contributed by atoms with Gasteiger partial charge in [0.15, 0.2) is 0 Å². The van der Waals surface area contributed by atoms with Gasteiger partial charge < -0.3 is 4.74 Å². The molecule has 10 heavy (non-hydrogen) atoms. The third-order valence-corrected chi connectivity index (χ3v) is 2.35. The molecule has 1 saturated carbocycles. The van der Waals surface area contributed by atoms with Gasteiger partial charge >= 0.3 is 0 Å². The van der Waals surface area contributed by atoms with Gasteiger partial charge in [-0.15, -0.1) is 0 Å². The van der Waals surface area contributed by atoms with Crippen molar-refractivity contribution in [2.75, 3.05) is 13.2 Å². The maximum Gasteiger partial charge on any atom is 0.0468 e. The van der Waals surface area contributed by atoms with Gasteiger partial charge in [-0.3, -0.25) is 0 Å². The van der Waals surface area contributed by atoms with Gasteiger partial charge in [-0.25, -0.2) is 0 Å². The monoisotopic (exact) mass is 142 g/mol. The summed E-state index contributed by atoms with van der Waals surface area (Å²) in [6.07, 6.45) is 7.11. The molecule has 0 saturated heterocycles. The Balaban J connectivity index is 1.91. The molecule has 0 unspecified atom stereocenters. The summed E-state index contributed by atoms with van der Waals surface area (Å²) in [5.74, 6) is 0.992. The van der Waals surface area contributed by atoms with Crippen LogP contribution in [0.5, 0.6) is 0 Å². The molecule has 0 aromatic carbocycles. The molecule has 0 radical (unpaired) electrons. The average molecular weight is 142 g/mol. The summed E-state index contributed by atoms with van der Waals surface area (Å²) in [4.78, 5) is 0. The lowest BCUT2D eigenvalue weighted by Crippen LogP contribution is -2.00. The Labute approximate surface area is 63.8 Å². The maximum absolute atomic E-state index is 5.30. The quantitative estimate of drug-likeness (QED) is 0.548. The molecule has 0 aromatic heterocycles. The van der Waals surface area contributed by atoms with E-state index in [0.717, 1.165) is 19.1 Å². The molecule has 1 heteroatoms. The molecule has 0 aromatic rings. The largest absolute Gasteiger partial charge is 0.382 e. The molecule has 60 valence electrons. The van der Waals surface area contributed by atoms with Crippen molar-refractivity contribution in [1.29, 1.82) is 0 Å². The molecule has 1 rings (SSSR count). The van der Waals surface area contributed by atoms with Gasteiger partial charge in [0.1, 0.15) is 0 Å². The van der Waals surface area contributed by atoms with E-state index in [4.69, 9.17) is 4.74 Å². The first-order valence-electron chi connectivity index (χ1n) is 4.51. The SMILES string of the molecule is CCOCCC1CCCC1. The smallest absolute Gasteiger partial charge is 0.0468 e. The Bertz CT molecular complexity index is 74.8. The van der Waals surface area contributed by atoms with E-state index in [9.17, 15) is 0 Å². The number of ether oxygens (including phenoxy) is 1. The minimum atomic E-state index is 0.882. The minimum absolute atomic E-state index is 0.882. The highest BCUT2D eigenvalue weighted by atomic mass is 16.5. The van der Waals surface area contributed by atoms with Crippen molar-refractivity contribution in [1.82, 2.24) is 0 Å². The van der Waals surface area contributed by atoms with Crippen LogP contribution in [0.25, 0.3) is 0 Å². The molecular formula is C9H18O. The van der Waals surface area contributed by atoms with E-state index in [1.807, 2.05) is 0 Å².